The highest BCUT2D eigenvalue weighted by Crippen LogP contribution is 2.40. The Morgan fingerprint density at radius 3 is 2.90 bits per heavy atom. The molecule has 0 bridgehead atoms. The van der Waals surface area contributed by atoms with Crippen molar-refractivity contribution < 1.29 is 0 Å². The third kappa shape index (κ3) is 2.91. The predicted molar refractivity (Wildman–Crippen MR) is 85.0 cm³/mol. The standard InChI is InChI=1S/C17H26N4/c1-13-10-14-15(18)11-17(2,3)12-16(14)21(13)9-5-8-20-7-4-6-19-20/h4,6-7,10,15H,5,8-9,11-12,18H2,1-3H3. The van der Waals surface area contributed by atoms with Crippen LogP contribution in [0.2, 0.25) is 0 Å². The molecule has 3 rings (SSSR count). The van der Waals surface area contributed by atoms with Crippen molar-refractivity contribution in [2.24, 2.45) is 11.1 Å². The zero-order valence-electron chi connectivity index (χ0n) is 13.3. The van der Waals surface area contributed by atoms with E-state index in [0.717, 1.165) is 32.4 Å². The van der Waals surface area contributed by atoms with E-state index in [2.05, 4.69) is 36.5 Å². The predicted octanol–water partition coefficient (Wildman–Crippen LogP) is 3.06. The summed E-state index contributed by atoms with van der Waals surface area (Å²) >= 11 is 0. The quantitative estimate of drug-likeness (QED) is 0.939. The Kier molecular flexibility index (Phi) is 3.66. The third-order valence-electron chi connectivity index (χ3n) is 4.60. The van der Waals surface area contributed by atoms with E-state index in [1.54, 1.807) is 0 Å². The van der Waals surface area contributed by atoms with Crippen LogP contribution in [0.15, 0.2) is 24.5 Å². The molecule has 21 heavy (non-hydrogen) atoms. The van der Waals surface area contributed by atoms with E-state index in [1.807, 2.05) is 23.1 Å². The fourth-order valence-electron chi connectivity index (χ4n) is 3.64. The van der Waals surface area contributed by atoms with Gasteiger partial charge >= 0.3 is 0 Å². The highest BCUT2D eigenvalue weighted by atomic mass is 15.3. The van der Waals surface area contributed by atoms with Crippen molar-refractivity contribution in [2.45, 2.75) is 59.2 Å². The first-order chi connectivity index (χ1) is 9.96. The number of rotatable bonds is 4. The van der Waals surface area contributed by atoms with Gasteiger partial charge in [0, 0.05) is 42.9 Å². The SMILES string of the molecule is Cc1cc2c(n1CCCn1cccn1)CC(C)(C)CC2N. The zero-order chi connectivity index (χ0) is 15.0. The highest BCUT2D eigenvalue weighted by Gasteiger charge is 2.33. The number of aryl methyl sites for hydroxylation is 2. The van der Waals surface area contributed by atoms with E-state index in [-0.39, 0.29) is 6.04 Å². The molecular weight excluding hydrogens is 260 g/mol. The summed E-state index contributed by atoms with van der Waals surface area (Å²) in [5.41, 5.74) is 10.8. The number of nitrogens with zero attached hydrogens (tertiary/aromatic N) is 3. The minimum absolute atomic E-state index is 0.190. The number of hydrogen-bond donors (Lipinski definition) is 1. The Bertz CT molecular complexity index is 607. The molecule has 0 aromatic carbocycles. The summed E-state index contributed by atoms with van der Waals surface area (Å²) in [6, 6.07) is 4.46. The maximum Gasteiger partial charge on any atom is 0.0489 e. The lowest BCUT2D eigenvalue weighted by Gasteiger charge is -2.34. The first-order valence-corrected chi connectivity index (χ1v) is 7.88. The van der Waals surface area contributed by atoms with Crippen molar-refractivity contribution in [3.8, 4) is 0 Å². The number of hydrogen-bond acceptors (Lipinski definition) is 2. The molecule has 0 amide bonds. The van der Waals surface area contributed by atoms with Gasteiger partial charge in [-0.25, -0.2) is 0 Å². The molecule has 0 aliphatic heterocycles. The van der Waals surface area contributed by atoms with Crippen molar-refractivity contribution in [3.05, 3.63) is 41.5 Å². The van der Waals surface area contributed by atoms with E-state index in [4.69, 9.17) is 5.73 Å². The summed E-state index contributed by atoms with van der Waals surface area (Å²) < 4.78 is 4.47. The first kappa shape index (κ1) is 14.4. The van der Waals surface area contributed by atoms with Gasteiger partial charge in [0.2, 0.25) is 0 Å². The van der Waals surface area contributed by atoms with E-state index in [9.17, 15) is 0 Å². The second kappa shape index (κ2) is 5.34. The molecule has 1 aliphatic rings. The van der Waals surface area contributed by atoms with Crippen LogP contribution in [0, 0.1) is 12.3 Å². The largest absolute Gasteiger partial charge is 0.348 e. The molecule has 0 fully saturated rings. The van der Waals surface area contributed by atoms with Crippen LogP contribution in [-0.4, -0.2) is 14.3 Å². The van der Waals surface area contributed by atoms with Crippen LogP contribution < -0.4 is 5.73 Å². The maximum absolute atomic E-state index is 6.38. The van der Waals surface area contributed by atoms with E-state index in [1.165, 1.54) is 17.0 Å². The molecule has 0 saturated carbocycles. The van der Waals surface area contributed by atoms with E-state index >= 15 is 0 Å². The summed E-state index contributed by atoms with van der Waals surface area (Å²) in [6.45, 7) is 8.86. The van der Waals surface area contributed by atoms with Gasteiger partial charge in [-0.15, -0.1) is 0 Å². The van der Waals surface area contributed by atoms with E-state index < -0.39 is 0 Å². The second-order valence-corrected chi connectivity index (χ2v) is 7.11. The van der Waals surface area contributed by atoms with E-state index in [0.29, 0.717) is 5.41 Å². The minimum atomic E-state index is 0.190. The molecule has 0 spiro atoms. The Morgan fingerprint density at radius 1 is 1.38 bits per heavy atom. The molecular formula is C17H26N4. The average Bonchev–Trinajstić information content (AvgIpc) is 2.99. The molecule has 2 N–H and O–H groups in total. The van der Waals surface area contributed by atoms with Crippen LogP contribution in [-0.2, 0) is 19.5 Å². The van der Waals surface area contributed by atoms with Crippen LogP contribution in [0.5, 0.6) is 0 Å². The fourth-order valence-corrected chi connectivity index (χ4v) is 3.64. The molecule has 114 valence electrons. The molecule has 4 heteroatoms. The second-order valence-electron chi connectivity index (χ2n) is 7.11. The molecule has 0 radical (unpaired) electrons. The smallest absolute Gasteiger partial charge is 0.0489 e. The minimum Gasteiger partial charge on any atom is -0.348 e. The summed E-state index contributed by atoms with van der Waals surface area (Å²) in [6.07, 6.45) is 7.17. The lowest BCUT2D eigenvalue weighted by Crippen LogP contribution is -2.30. The van der Waals surface area contributed by atoms with Gasteiger partial charge < -0.3 is 10.3 Å². The topological polar surface area (TPSA) is 48.8 Å². The van der Waals surface area contributed by atoms with Crippen LogP contribution >= 0.6 is 0 Å². The van der Waals surface area contributed by atoms with Gasteiger partial charge in [0.25, 0.3) is 0 Å². The van der Waals surface area contributed by atoms with Crippen molar-refractivity contribution >= 4 is 0 Å². The number of nitrogens with two attached hydrogens (primary N) is 1. The summed E-state index contributed by atoms with van der Waals surface area (Å²) in [4.78, 5) is 0. The van der Waals surface area contributed by atoms with Gasteiger partial charge in [-0.3, -0.25) is 4.68 Å². The highest BCUT2D eigenvalue weighted by molar-refractivity contribution is 5.34. The normalized spacial score (nSPS) is 20.5. The monoisotopic (exact) mass is 286 g/mol. The van der Waals surface area contributed by atoms with Gasteiger partial charge in [-0.05, 0) is 49.3 Å². The molecule has 0 saturated heterocycles. The van der Waals surface area contributed by atoms with Crippen LogP contribution in [0.3, 0.4) is 0 Å². The van der Waals surface area contributed by atoms with Crippen molar-refractivity contribution in [3.63, 3.8) is 0 Å². The van der Waals surface area contributed by atoms with Gasteiger partial charge in [-0.2, -0.15) is 5.10 Å². The lowest BCUT2D eigenvalue weighted by atomic mass is 9.74. The molecule has 2 aromatic heterocycles. The molecule has 2 aromatic rings. The average molecular weight is 286 g/mol. The number of fused-ring (bicyclic) bond motifs is 1. The summed E-state index contributed by atoms with van der Waals surface area (Å²) in [7, 11) is 0. The van der Waals surface area contributed by atoms with Gasteiger partial charge in [0.05, 0.1) is 0 Å². The summed E-state index contributed by atoms with van der Waals surface area (Å²) in [5, 5.41) is 4.27. The summed E-state index contributed by atoms with van der Waals surface area (Å²) in [5.74, 6) is 0. The molecule has 1 unspecified atom stereocenters. The van der Waals surface area contributed by atoms with Gasteiger partial charge in [0.15, 0.2) is 0 Å². The van der Waals surface area contributed by atoms with Crippen LogP contribution in [0.1, 0.15) is 49.7 Å². The van der Waals surface area contributed by atoms with Crippen LogP contribution in [0.4, 0.5) is 0 Å². The lowest BCUT2D eigenvalue weighted by molar-refractivity contribution is 0.274. The van der Waals surface area contributed by atoms with Crippen LogP contribution in [0.25, 0.3) is 0 Å². The Balaban J connectivity index is 1.76. The van der Waals surface area contributed by atoms with Crippen molar-refractivity contribution in [2.75, 3.05) is 0 Å². The molecule has 1 atom stereocenters. The Hall–Kier alpha value is -1.55. The third-order valence-corrected chi connectivity index (χ3v) is 4.60. The maximum atomic E-state index is 6.38. The first-order valence-electron chi connectivity index (χ1n) is 7.88. The zero-order valence-corrected chi connectivity index (χ0v) is 13.3. The fraction of sp³-hybridized carbons (Fsp3) is 0.588. The molecule has 4 nitrogen and oxygen atoms in total. The Morgan fingerprint density at radius 2 is 2.19 bits per heavy atom. The van der Waals surface area contributed by atoms with Crippen molar-refractivity contribution in [1.29, 1.82) is 0 Å². The number of aromatic nitrogens is 3. The molecule has 2 heterocycles. The Labute approximate surface area is 126 Å². The van der Waals surface area contributed by atoms with Gasteiger partial charge in [0.1, 0.15) is 0 Å². The molecule has 1 aliphatic carbocycles. The van der Waals surface area contributed by atoms with Gasteiger partial charge in [-0.1, -0.05) is 13.8 Å². The van der Waals surface area contributed by atoms with Crippen molar-refractivity contribution in [1.82, 2.24) is 14.3 Å².